The number of ether oxygens (including phenoxy) is 2. The summed E-state index contributed by atoms with van der Waals surface area (Å²) in [5.74, 6) is -0.535. The normalized spacial score (nSPS) is 15.2. The number of carbonyl (C=O) groups is 2. The van der Waals surface area contributed by atoms with Crippen LogP contribution in [0.1, 0.15) is 37.0 Å². The molecule has 0 atom stereocenters. The van der Waals surface area contributed by atoms with Crippen LogP contribution in [-0.2, 0) is 14.3 Å². The molecule has 0 aliphatic carbocycles. The van der Waals surface area contributed by atoms with Gasteiger partial charge in [-0.3, -0.25) is 9.69 Å². The molecule has 0 radical (unpaired) electrons. The first-order valence-electron chi connectivity index (χ1n) is 10.1. The van der Waals surface area contributed by atoms with Crippen LogP contribution in [0.5, 0.6) is 0 Å². The molecule has 2 aromatic rings. The van der Waals surface area contributed by atoms with Gasteiger partial charge < -0.3 is 14.8 Å². The Hall–Kier alpha value is -2.22. The summed E-state index contributed by atoms with van der Waals surface area (Å²) in [7, 11) is 0. The summed E-state index contributed by atoms with van der Waals surface area (Å²) in [5, 5.41) is 5.36. The Bertz CT molecular complexity index is 813. The molecule has 6 nitrogen and oxygen atoms in total. The van der Waals surface area contributed by atoms with E-state index < -0.39 is 5.97 Å². The molecule has 1 amide bonds. The maximum atomic E-state index is 12.6. The van der Waals surface area contributed by atoms with Gasteiger partial charge in [0.25, 0.3) is 0 Å². The average molecular weight is 417 g/mol. The van der Waals surface area contributed by atoms with E-state index >= 15 is 0 Å². The molecule has 1 saturated heterocycles. The average Bonchev–Trinajstić information content (AvgIpc) is 3.14. The number of amides is 1. The Kier molecular flexibility index (Phi) is 7.80. The van der Waals surface area contributed by atoms with Gasteiger partial charge >= 0.3 is 5.97 Å². The van der Waals surface area contributed by atoms with Gasteiger partial charge in [0.2, 0.25) is 5.91 Å². The highest BCUT2D eigenvalue weighted by atomic mass is 32.1. The van der Waals surface area contributed by atoms with Gasteiger partial charge in [0.15, 0.2) is 0 Å². The maximum Gasteiger partial charge on any atom is 0.341 e. The summed E-state index contributed by atoms with van der Waals surface area (Å²) in [6.07, 6.45) is 2.17. The van der Waals surface area contributed by atoms with Crippen LogP contribution in [0.15, 0.2) is 35.7 Å². The number of nitrogens with one attached hydrogen (secondary N) is 1. The minimum absolute atomic E-state index is 0.119. The molecule has 0 bridgehead atoms. The van der Waals surface area contributed by atoms with Crippen molar-refractivity contribution in [2.75, 3.05) is 38.2 Å². The van der Waals surface area contributed by atoms with Crippen LogP contribution in [0.2, 0.25) is 0 Å². The molecular weight excluding hydrogens is 388 g/mol. The van der Waals surface area contributed by atoms with E-state index in [1.54, 1.807) is 6.92 Å². The number of benzene rings is 1. The maximum absolute atomic E-state index is 12.6. The predicted octanol–water partition coefficient (Wildman–Crippen LogP) is 4.03. The third-order valence-electron chi connectivity index (χ3n) is 4.91. The Labute approximate surface area is 175 Å². The standard InChI is InChI=1S/C22H28N2O4S/c1-3-27-17-10-12-24(13-11-17)14-19(25)23-21-20(22(26)28-4-2)18(15-29-21)16-8-6-5-7-9-16/h5-9,15,17H,3-4,10-14H2,1-2H3,(H,23,25). The van der Waals surface area contributed by atoms with Gasteiger partial charge in [-0.25, -0.2) is 4.79 Å². The van der Waals surface area contributed by atoms with Crippen molar-refractivity contribution in [3.05, 3.63) is 41.3 Å². The lowest BCUT2D eigenvalue weighted by atomic mass is 10.0. The van der Waals surface area contributed by atoms with E-state index in [9.17, 15) is 9.59 Å². The number of piperidine rings is 1. The highest BCUT2D eigenvalue weighted by Gasteiger charge is 2.25. The summed E-state index contributed by atoms with van der Waals surface area (Å²) in [6.45, 7) is 6.77. The molecule has 0 spiro atoms. The van der Waals surface area contributed by atoms with Crippen LogP contribution in [-0.4, -0.2) is 55.7 Å². The molecule has 1 N–H and O–H groups in total. The summed E-state index contributed by atoms with van der Waals surface area (Å²) in [4.78, 5) is 27.4. The number of anilines is 1. The Morgan fingerprint density at radius 2 is 1.86 bits per heavy atom. The first-order valence-corrected chi connectivity index (χ1v) is 11.0. The van der Waals surface area contributed by atoms with Gasteiger partial charge in [-0.05, 0) is 32.3 Å². The number of likely N-dealkylation sites (tertiary alicyclic amines) is 1. The van der Waals surface area contributed by atoms with E-state index in [0.29, 0.717) is 23.2 Å². The molecule has 7 heteroatoms. The van der Waals surface area contributed by atoms with Crippen LogP contribution in [0.4, 0.5) is 5.00 Å². The number of esters is 1. The highest BCUT2D eigenvalue weighted by molar-refractivity contribution is 7.15. The van der Waals surface area contributed by atoms with E-state index in [-0.39, 0.29) is 12.5 Å². The van der Waals surface area contributed by atoms with E-state index in [4.69, 9.17) is 9.47 Å². The zero-order chi connectivity index (χ0) is 20.6. The summed E-state index contributed by atoms with van der Waals surface area (Å²) in [6, 6.07) is 9.66. The Balaban J connectivity index is 1.69. The lowest BCUT2D eigenvalue weighted by Crippen LogP contribution is -2.41. The molecule has 1 aromatic heterocycles. The third kappa shape index (κ3) is 5.65. The molecule has 2 heterocycles. The summed E-state index contributed by atoms with van der Waals surface area (Å²) < 4.78 is 10.9. The van der Waals surface area contributed by atoms with E-state index in [0.717, 1.165) is 43.7 Å². The minimum atomic E-state index is -0.416. The van der Waals surface area contributed by atoms with Crippen LogP contribution >= 0.6 is 11.3 Å². The predicted molar refractivity (Wildman–Crippen MR) is 115 cm³/mol. The third-order valence-corrected chi connectivity index (χ3v) is 5.81. The molecule has 3 rings (SSSR count). The number of hydrogen-bond acceptors (Lipinski definition) is 6. The molecular formula is C22H28N2O4S. The van der Waals surface area contributed by atoms with Gasteiger partial charge in [0, 0.05) is 30.6 Å². The first kappa shape index (κ1) is 21.5. The van der Waals surface area contributed by atoms with Crippen molar-refractivity contribution in [1.29, 1.82) is 0 Å². The van der Waals surface area contributed by atoms with Crippen molar-refractivity contribution >= 4 is 28.2 Å². The lowest BCUT2D eigenvalue weighted by Gasteiger charge is -2.31. The number of rotatable bonds is 8. The van der Waals surface area contributed by atoms with Crippen molar-refractivity contribution in [1.82, 2.24) is 4.90 Å². The summed E-state index contributed by atoms with van der Waals surface area (Å²) in [5.41, 5.74) is 2.12. The zero-order valence-corrected chi connectivity index (χ0v) is 17.8. The van der Waals surface area contributed by atoms with Gasteiger partial charge in [-0.1, -0.05) is 30.3 Å². The molecule has 0 saturated carbocycles. The van der Waals surface area contributed by atoms with Gasteiger partial charge in [-0.15, -0.1) is 11.3 Å². The number of nitrogens with zero attached hydrogens (tertiary/aromatic N) is 1. The fourth-order valence-corrected chi connectivity index (χ4v) is 4.50. The number of carbonyl (C=O) groups excluding carboxylic acids is 2. The van der Waals surface area contributed by atoms with Gasteiger partial charge in [0.1, 0.15) is 10.6 Å². The fourth-order valence-electron chi connectivity index (χ4n) is 3.52. The number of thiophene rings is 1. The second kappa shape index (κ2) is 10.5. The molecule has 1 aromatic carbocycles. The van der Waals surface area contributed by atoms with Crippen molar-refractivity contribution < 1.29 is 19.1 Å². The lowest BCUT2D eigenvalue weighted by molar-refractivity contribution is -0.118. The van der Waals surface area contributed by atoms with Crippen LogP contribution in [0, 0.1) is 0 Å². The quantitative estimate of drug-likeness (QED) is 0.658. The van der Waals surface area contributed by atoms with Crippen LogP contribution < -0.4 is 5.32 Å². The zero-order valence-electron chi connectivity index (χ0n) is 17.0. The SMILES string of the molecule is CCOC(=O)c1c(-c2ccccc2)csc1NC(=O)CN1CCC(OCC)CC1. The topological polar surface area (TPSA) is 67.9 Å². The largest absolute Gasteiger partial charge is 0.462 e. The molecule has 0 unspecified atom stereocenters. The van der Waals surface area contributed by atoms with Crippen molar-refractivity contribution in [3.63, 3.8) is 0 Å². The van der Waals surface area contributed by atoms with Crippen molar-refractivity contribution in [2.24, 2.45) is 0 Å². The van der Waals surface area contributed by atoms with Crippen LogP contribution in [0.25, 0.3) is 11.1 Å². The molecule has 1 aliphatic rings. The fraction of sp³-hybridized carbons (Fsp3) is 0.455. The minimum Gasteiger partial charge on any atom is -0.462 e. The second-order valence-electron chi connectivity index (χ2n) is 6.92. The smallest absolute Gasteiger partial charge is 0.341 e. The molecule has 1 aliphatic heterocycles. The molecule has 156 valence electrons. The summed E-state index contributed by atoms with van der Waals surface area (Å²) >= 11 is 1.35. The van der Waals surface area contributed by atoms with Crippen molar-refractivity contribution in [3.8, 4) is 11.1 Å². The van der Waals surface area contributed by atoms with E-state index in [2.05, 4.69) is 10.2 Å². The Morgan fingerprint density at radius 3 is 2.52 bits per heavy atom. The molecule has 1 fully saturated rings. The second-order valence-corrected chi connectivity index (χ2v) is 7.80. The van der Waals surface area contributed by atoms with E-state index in [1.807, 2.05) is 42.6 Å². The van der Waals surface area contributed by atoms with Crippen molar-refractivity contribution in [2.45, 2.75) is 32.8 Å². The number of hydrogen-bond donors (Lipinski definition) is 1. The first-order chi connectivity index (χ1) is 14.1. The van der Waals surface area contributed by atoms with E-state index in [1.165, 1.54) is 11.3 Å². The van der Waals surface area contributed by atoms with Gasteiger partial charge in [-0.2, -0.15) is 0 Å². The van der Waals surface area contributed by atoms with Crippen LogP contribution in [0.3, 0.4) is 0 Å². The molecule has 29 heavy (non-hydrogen) atoms. The highest BCUT2D eigenvalue weighted by Crippen LogP contribution is 2.36. The monoisotopic (exact) mass is 416 g/mol. The Morgan fingerprint density at radius 1 is 1.14 bits per heavy atom. The van der Waals surface area contributed by atoms with Gasteiger partial charge in [0.05, 0.1) is 19.3 Å².